The molecule has 5 saturated carbocycles. The van der Waals surface area contributed by atoms with Crippen LogP contribution < -0.4 is 4.74 Å². The molecule has 5 aliphatic rings. The van der Waals surface area contributed by atoms with Gasteiger partial charge in [0.05, 0.1) is 19.6 Å². The zero-order chi connectivity index (χ0) is 31.2. The van der Waals surface area contributed by atoms with Crippen LogP contribution in [0.4, 0.5) is 0 Å². The fourth-order valence-corrected chi connectivity index (χ4v) is 12.7. The van der Waals surface area contributed by atoms with Gasteiger partial charge in [0.15, 0.2) is 5.78 Å². The lowest BCUT2D eigenvalue weighted by Crippen LogP contribution is -2.67. The van der Waals surface area contributed by atoms with Crippen LogP contribution in [0.3, 0.4) is 0 Å². The van der Waals surface area contributed by atoms with Crippen molar-refractivity contribution in [3.8, 4) is 5.75 Å². The molecule has 234 valence electrons. The molecule has 5 fully saturated rings. The highest BCUT2D eigenvalue weighted by Crippen LogP contribution is 2.77. The van der Waals surface area contributed by atoms with Gasteiger partial charge in [0, 0.05) is 11.0 Å². The van der Waals surface area contributed by atoms with Crippen molar-refractivity contribution in [3.05, 3.63) is 47.6 Å². The van der Waals surface area contributed by atoms with E-state index < -0.39 is 5.41 Å². The standard InChI is InChI=1S/C39H54O4/c1-24(2)27-16-19-39(34(41)43-9)21-20-37(6)28(32(27)39)14-15-31-36(5)23-26(22-25-12-10-11-13-29(25)42-8)33(40)35(3,4)30(36)17-18-38(31,37)7/h10-13,22,27-28,30-32H,1,14-21,23H2,2-9H3/b26-22-/t27-,28+,30+,31+,32-,36-,37+,38+,39-/m0/s1. The molecule has 6 rings (SSSR count). The Morgan fingerprint density at radius 2 is 1.63 bits per heavy atom. The van der Waals surface area contributed by atoms with Crippen molar-refractivity contribution in [2.75, 3.05) is 14.2 Å². The molecule has 43 heavy (non-hydrogen) atoms. The summed E-state index contributed by atoms with van der Waals surface area (Å²) in [6, 6.07) is 8.05. The minimum Gasteiger partial charge on any atom is -0.496 e. The number of benzene rings is 1. The maximum Gasteiger partial charge on any atom is 0.312 e. The molecule has 0 radical (unpaired) electrons. The number of carbonyl (C=O) groups excluding carboxylic acids is 2. The second-order valence-corrected chi connectivity index (χ2v) is 16.5. The molecule has 5 aliphatic carbocycles. The van der Waals surface area contributed by atoms with Crippen molar-refractivity contribution < 1.29 is 19.1 Å². The number of ketones is 1. The minimum absolute atomic E-state index is 0.0184. The van der Waals surface area contributed by atoms with E-state index in [4.69, 9.17) is 9.47 Å². The predicted octanol–water partition coefficient (Wildman–Crippen LogP) is 9.09. The van der Waals surface area contributed by atoms with Gasteiger partial charge in [0.1, 0.15) is 5.75 Å². The Labute approximate surface area is 260 Å². The minimum atomic E-state index is -0.414. The summed E-state index contributed by atoms with van der Waals surface area (Å²) in [5.41, 5.74) is 2.68. The summed E-state index contributed by atoms with van der Waals surface area (Å²) in [6.07, 6.45) is 11.5. The summed E-state index contributed by atoms with van der Waals surface area (Å²) in [4.78, 5) is 27.7. The molecule has 0 bridgehead atoms. The molecule has 4 heteroatoms. The largest absolute Gasteiger partial charge is 0.496 e. The fraction of sp³-hybridized carbons (Fsp3) is 0.692. The van der Waals surface area contributed by atoms with E-state index >= 15 is 0 Å². The maximum absolute atomic E-state index is 14.2. The smallest absolute Gasteiger partial charge is 0.312 e. The Bertz CT molecular complexity index is 1370. The van der Waals surface area contributed by atoms with Crippen LogP contribution in [0.5, 0.6) is 5.75 Å². The number of para-hydroxylation sites is 1. The molecule has 0 aliphatic heterocycles. The average Bonchev–Trinajstić information content (AvgIpc) is 3.37. The first-order valence-corrected chi connectivity index (χ1v) is 16.8. The second kappa shape index (κ2) is 10.1. The van der Waals surface area contributed by atoms with Crippen LogP contribution in [-0.2, 0) is 14.3 Å². The Hall–Kier alpha value is -2.36. The number of hydrogen-bond donors (Lipinski definition) is 0. The van der Waals surface area contributed by atoms with Crippen molar-refractivity contribution in [1.29, 1.82) is 0 Å². The van der Waals surface area contributed by atoms with E-state index in [0.717, 1.165) is 74.7 Å². The number of esters is 1. The summed E-state index contributed by atoms with van der Waals surface area (Å²) >= 11 is 0. The quantitative estimate of drug-likeness (QED) is 0.201. The molecule has 1 aromatic carbocycles. The highest BCUT2D eigenvalue weighted by atomic mass is 16.5. The van der Waals surface area contributed by atoms with Gasteiger partial charge in [-0.2, -0.15) is 0 Å². The SMILES string of the molecule is C=C(C)[C@@H]1CC[C@]2(C(=O)OC)CC[C@]3(C)[C@H](CC[C@@H]4[C@@]5(C)C/C(=C/c6ccccc6OC)C(=O)C(C)(C)[C@H]5CC[C@]43C)[C@H]12. The van der Waals surface area contributed by atoms with Gasteiger partial charge in [-0.3, -0.25) is 9.59 Å². The molecule has 0 unspecified atom stereocenters. The van der Waals surface area contributed by atoms with Crippen molar-refractivity contribution in [1.82, 2.24) is 0 Å². The average molecular weight is 587 g/mol. The highest BCUT2D eigenvalue weighted by molar-refractivity contribution is 6.04. The van der Waals surface area contributed by atoms with E-state index in [0.29, 0.717) is 35.4 Å². The van der Waals surface area contributed by atoms with E-state index in [1.807, 2.05) is 18.2 Å². The van der Waals surface area contributed by atoms with Crippen molar-refractivity contribution in [2.24, 2.45) is 56.7 Å². The first kappa shape index (κ1) is 30.7. The monoisotopic (exact) mass is 586 g/mol. The van der Waals surface area contributed by atoms with Crippen molar-refractivity contribution in [3.63, 3.8) is 0 Å². The van der Waals surface area contributed by atoms with Crippen LogP contribution in [0.2, 0.25) is 0 Å². The molecular weight excluding hydrogens is 532 g/mol. The molecule has 0 spiro atoms. The Balaban J connectivity index is 1.42. The van der Waals surface area contributed by atoms with Gasteiger partial charge < -0.3 is 9.47 Å². The third kappa shape index (κ3) is 3.99. The second-order valence-electron chi connectivity index (χ2n) is 16.5. The lowest BCUT2D eigenvalue weighted by molar-refractivity contribution is -0.232. The third-order valence-corrected chi connectivity index (χ3v) is 14.7. The Morgan fingerprint density at radius 3 is 2.30 bits per heavy atom. The molecule has 1 aromatic rings. The number of fused-ring (bicyclic) bond motifs is 7. The lowest BCUT2D eigenvalue weighted by atomic mass is 9.32. The van der Waals surface area contributed by atoms with Crippen LogP contribution >= 0.6 is 0 Å². The van der Waals surface area contributed by atoms with Crippen LogP contribution in [0.15, 0.2) is 42.0 Å². The molecule has 9 atom stereocenters. The lowest BCUT2D eigenvalue weighted by Gasteiger charge is -2.72. The number of ether oxygens (including phenoxy) is 2. The number of Topliss-reactive ketones (excluding diaryl/α,β-unsaturated/α-hetero) is 1. The summed E-state index contributed by atoms with van der Waals surface area (Å²) in [7, 11) is 3.29. The molecular formula is C39H54O4. The highest BCUT2D eigenvalue weighted by Gasteiger charge is 2.72. The fourth-order valence-electron chi connectivity index (χ4n) is 12.7. The van der Waals surface area contributed by atoms with Crippen molar-refractivity contribution in [2.45, 2.75) is 99.3 Å². The molecule has 0 amide bonds. The van der Waals surface area contributed by atoms with Crippen molar-refractivity contribution >= 4 is 17.8 Å². The Kier molecular flexibility index (Phi) is 7.18. The Morgan fingerprint density at radius 1 is 0.907 bits per heavy atom. The van der Waals surface area contributed by atoms with Gasteiger partial charge in [-0.15, -0.1) is 0 Å². The van der Waals surface area contributed by atoms with Gasteiger partial charge in [0.25, 0.3) is 0 Å². The van der Waals surface area contributed by atoms with Crippen LogP contribution in [0.25, 0.3) is 6.08 Å². The van der Waals surface area contributed by atoms with Gasteiger partial charge in [-0.25, -0.2) is 0 Å². The van der Waals surface area contributed by atoms with Gasteiger partial charge in [0.2, 0.25) is 0 Å². The molecule has 0 heterocycles. The molecule has 0 aromatic heterocycles. The number of hydrogen-bond acceptors (Lipinski definition) is 4. The van der Waals surface area contributed by atoms with E-state index in [-0.39, 0.29) is 27.6 Å². The number of rotatable bonds is 4. The van der Waals surface area contributed by atoms with Crippen LogP contribution in [0, 0.1) is 56.7 Å². The predicted molar refractivity (Wildman–Crippen MR) is 172 cm³/mol. The number of methoxy groups -OCH3 is 2. The van der Waals surface area contributed by atoms with Gasteiger partial charge in [-0.1, -0.05) is 65.0 Å². The summed E-state index contributed by atoms with van der Waals surface area (Å²) in [6.45, 7) is 18.8. The zero-order valence-corrected chi connectivity index (χ0v) is 28.0. The first-order chi connectivity index (χ1) is 20.2. The third-order valence-electron chi connectivity index (χ3n) is 14.7. The number of carbonyl (C=O) groups is 2. The summed E-state index contributed by atoms with van der Waals surface area (Å²) in [5.74, 6) is 3.19. The summed E-state index contributed by atoms with van der Waals surface area (Å²) in [5, 5.41) is 0. The number of allylic oxidation sites excluding steroid dienone is 2. The summed E-state index contributed by atoms with van der Waals surface area (Å²) < 4.78 is 11.2. The van der Waals surface area contributed by atoms with E-state index in [9.17, 15) is 9.59 Å². The van der Waals surface area contributed by atoms with E-state index in [1.54, 1.807) is 14.2 Å². The molecule has 0 saturated heterocycles. The molecule has 4 nitrogen and oxygen atoms in total. The maximum atomic E-state index is 14.2. The first-order valence-electron chi connectivity index (χ1n) is 16.8. The van der Waals surface area contributed by atoms with Gasteiger partial charge >= 0.3 is 5.97 Å². The van der Waals surface area contributed by atoms with E-state index in [1.165, 1.54) is 5.57 Å². The zero-order valence-electron chi connectivity index (χ0n) is 28.0. The van der Waals surface area contributed by atoms with E-state index in [2.05, 4.69) is 60.3 Å². The van der Waals surface area contributed by atoms with Crippen LogP contribution in [0.1, 0.15) is 105 Å². The van der Waals surface area contributed by atoms with Crippen LogP contribution in [-0.4, -0.2) is 26.0 Å². The normalized spacial score (nSPS) is 44.0. The van der Waals surface area contributed by atoms with Gasteiger partial charge in [-0.05, 0) is 128 Å². The molecule has 0 N–H and O–H groups in total. The topological polar surface area (TPSA) is 52.6 Å².